The molecule has 0 aliphatic carbocycles. The molecule has 0 aliphatic rings. The summed E-state index contributed by atoms with van der Waals surface area (Å²) in [6.07, 6.45) is 1.61. The minimum atomic E-state index is 0.136. The van der Waals surface area contributed by atoms with E-state index in [2.05, 4.69) is 27.1 Å². The third kappa shape index (κ3) is 4.77. The van der Waals surface area contributed by atoms with E-state index >= 15 is 0 Å². The number of ether oxygens (including phenoxy) is 2. The molecule has 1 atom stereocenters. The van der Waals surface area contributed by atoms with Gasteiger partial charge in [-0.05, 0) is 13.8 Å². The van der Waals surface area contributed by atoms with Crippen LogP contribution in [0.4, 0.5) is 11.8 Å². The second kappa shape index (κ2) is 8.94. The summed E-state index contributed by atoms with van der Waals surface area (Å²) in [7, 11) is 3.35. The van der Waals surface area contributed by atoms with Crippen LogP contribution in [-0.2, 0) is 9.47 Å². The van der Waals surface area contributed by atoms with E-state index in [-0.39, 0.29) is 6.04 Å². The first-order chi connectivity index (χ1) is 9.63. The highest BCUT2D eigenvalue weighted by molar-refractivity contribution is 6.32. The number of nitrogens with one attached hydrogen (secondary N) is 1. The maximum Gasteiger partial charge on any atom is 0.224 e. The van der Waals surface area contributed by atoms with E-state index in [1.54, 1.807) is 20.4 Å². The molecule has 0 bridgehead atoms. The molecule has 1 N–H and O–H groups in total. The van der Waals surface area contributed by atoms with Crippen molar-refractivity contribution in [2.24, 2.45) is 0 Å². The number of aromatic nitrogens is 2. The lowest BCUT2D eigenvalue weighted by atomic mass is 10.3. The summed E-state index contributed by atoms with van der Waals surface area (Å²) in [6.45, 7) is 6.67. The van der Waals surface area contributed by atoms with Crippen molar-refractivity contribution in [1.29, 1.82) is 0 Å². The molecule has 1 rings (SSSR count). The van der Waals surface area contributed by atoms with Gasteiger partial charge in [-0.3, -0.25) is 0 Å². The first-order valence-corrected chi connectivity index (χ1v) is 7.02. The molecule has 0 saturated carbocycles. The smallest absolute Gasteiger partial charge is 0.224 e. The first kappa shape index (κ1) is 16.9. The van der Waals surface area contributed by atoms with Crippen LogP contribution >= 0.6 is 11.6 Å². The molecule has 1 aromatic rings. The lowest BCUT2D eigenvalue weighted by Gasteiger charge is -2.30. The Morgan fingerprint density at radius 1 is 1.40 bits per heavy atom. The second-order valence-electron chi connectivity index (χ2n) is 4.39. The maximum atomic E-state index is 6.24. The minimum absolute atomic E-state index is 0.136. The fourth-order valence-electron chi connectivity index (χ4n) is 1.86. The van der Waals surface area contributed by atoms with Crippen molar-refractivity contribution in [1.82, 2.24) is 9.97 Å². The van der Waals surface area contributed by atoms with Gasteiger partial charge in [-0.1, -0.05) is 11.6 Å². The molecule has 0 aliphatic heterocycles. The van der Waals surface area contributed by atoms with E-state index in [0.717, 1.165) is 6.54 Å². The highest BCUT2D eigenvalue weighted by atomic mass is 35.5. The van der Waals surface area contributed by atoms with E-state index in [0.29, 0.717) is 36.5 Å². The zero-order valence-corrected chi connectivity index (χ0v) is 13.3. The van der Waals surface area contributed by atoms with Gasteiger partial charge in [0, 0.05) is 27.3 Å². The third-order valence-electron chi connectivity index (χ3n) is 2.81. The standard InChI is InChI=1S/C13H23ClN4O2/c1-5-15-13-16-8-11(14)12(17-13)18(6-7-19-3)10(2)9-20-4/h8,10H,5-7,9H2,1-4H3,(H,15,16,17). The van der Waals surface area contributed by atoms with Gasteiger partial charge in [-0.2, -0.15) is 4.98 Å². The lowest BCUT2D eigenvalue weighted by molar-refractivity contribution is 0.170. The van der Waals surface area contributed by atoms with E-state index < -0.39 is 0 Å². The molecule has 6 nitrogen and oxygen atoms in total. The van der Waals surface area contributed by atoms with Crippen molar-refractivity contribution in [3.05, 3.63) is 11.2 Å². The molecule has 0 radical (unpaired) electrons. The Morgan fingerprint density at radius 3 is 2.75 bits per heavy atom. The number of hydrogen-bond donors (Lipinski definition) is 1. The molecule has 0 amide bonds. The van der Waals surface area contributed by atoms with E-state index in [4.69, 9.17) is 21.1 Å². The van der Waals surface area contributed by atoms with Crippen LogP contribution in [0, 0.1) is 0 Å². The average molecular weight is 303 g/mol. The summed E-state index contributed by atoms with van der Waals surface area (Å²) in [5.41, 5.74) is 0. The normalized spacial score (nSPS) is 12.2. The van der Waals surface area contributed by atoms with E-state index in [1.807, 2.05) is 6.92 Å². The molecule has 0 spiro atoms. The van der Waals surface area contributed by atoms with Crippen molar-refractivity contribution < 1.29 is 9.47 Å². The van der Waals surface area contributed by atoms with Crippen LogP contribution in [0.1, 0.15) is 13.8 Å². The zero-order chi connectivity index (χ0) is 15.0. The monoisotopic (exact) mass is 302 g/mol. The first-order valence-electron chi connectivity index (χ1n) is 6.64. The van der Waals surface area contributed by atoms with Crippen molar-refractivity contribution in [3.8, 4) is 0 Å². The van der Waals surface area contributed by atoms with Gasteiger partial charge in [0.1, 0.15) is 5.02 Å². The molecule has 1 heterocycles. The van der Waals surface area contributed by atoms with Gasteiger partial charge < -0.3 is 19.7 Å². The quantitative estimate of drug-likeness (QED) is 0.753. The van der Waals surface area contributed by atoms with E-state index in [9.17, 15) is 0 Å². The van der Waals surface area contributed by atoms with Gasteiger partial charge in [0.25, 0.3) is 0 Å². The summed E-state index contributed by atoms with van der Waals surface area (Å²) in [5.74, 6) is 1.26. The van der Waals surface area contributed by atoms with Gasteiger partial charge >= 0.3 is 0 Å². The van der Waals surface area contributed by atoms with Crippen LogP contribution in [0.3, 0.4) is 0 Å². The molecule has 1 aromatic heterocycles. The SMILES string of the molecule is CCNc1ncc(Cl)c(N(CCOC)C(C)COC)n1. The third-order valence-corrected chi connectivity index (χ3v) is 3.08. The van der Waals surface area contributed by atoms with Crippen LogP contribution in [0.15, 0.2) is 6.20 Å². The van der Waals surface area contributed by atoms with E-state index in [1.165, 1.54) is 0 Å². The molecular weight excluding hydrogens is 280 g/mol. The van der Waals surface area contributed by atoms with Crippen LogP contribution in [-0.4, -0.2) is 56.5 Å². The molecule has 114 valence electrons. The number of hydrogen-bond acceptors (Lipinski definition) is 6. The highest BCUT2D eigenvalue weighted by Gasteiger charge is 2.19. The summed E-state index contributed by atoms with van der Waals surface area (Å²) >= 11 is 6.24. The highest BCUT2D eigenvalue weighted by Crippen LogP contribution is 2.25. The molecule has 0 aromatic carbocycles. The summed E-state index contributed by atoms with van der Waals surface area (Å²) in [4.78, 5) is 10.7. The summed E-state index contributed by atoms with van der Waals surface area (Å²) in [5, 5.41) is 3.61. The fraction of sp³-hybridized carbons (Fsp3) is 0.692. The number of rotatable bonds is 9. The topological polar surface area (TPSA) is 59.5 Å². The van der Waals surface area contributed by atoms with Crippen LogP contribution in [0.25, 0.3) is 0 Å². The predicted octanol–water partition coefficient (Wildman–Crippen LogP) is 2.05. The van der Waals surface area contributed by atoms with Crippen LogP contribution in [0.5, 0.6) is 0 Å². The van der Waals surface area contributed by atoms with Gasteiger partial charge in [-0.25, -0.2) is 4.98 Å². The zero-order valence-electron chi connectivity index (χ0n) is 12.5. The number of methoxy groups -OCH3 is 2. The predicted molar refractivity (Wildman–Crippen MR) is 81.8 cm³/mol. The van der Waals surface area contributed by atoms with Crippen molar-refractivity contribution in [3.63, 3.8) is 0 Å². The Balaban J connectivity index is 3.00. The summed E-state index contributed by atoms with van der Waals surface area (Å²) in [6, 6.07) is 0.136. The molecule has 0 fully saturated rings. The molecule has 1 unspecified atom stereocenters. The average Bonchev–Trinajstić information content (AvgIpc) is 2.43. The molecule has 20 heavy (non-hydrogen) atoms. The van der Waals surface area contributed by atoms with Crippen molar-refractivity contribution >= 4 is 23.4 Å². The Morgan fingerprint density at radius 2 is 2.15 bits per heavy atom. The largest absolute Gasteiger partial charge is 0.383 e. The van der Waals surface area contributed by atoms with Crippen molar-refractivity contribution in [2.75, 3.05) is 50.7 Å². The number of halogens is 1. The van der Waals surface area contributed by atoms with Gasteiger partial charge in [-0.15, -0.1) is 0 Å². The Labute approximate surface area is 125 Å². The molecule has 0 saturated heterocycles. The second-order valence-corrected chi connectivity index (χ2v) is 4.79. The van der Waals surface area contributed by atoms with Crippen LogP contribution < -0.4 is 10.2 Å². The fourth-order valence-corrected chi connectivity index (χ4v) is 2.06. The number of anilines is 2. The maximum absolute atomic E-state index is 6.24. The molecular formula is C13H23ClN4O2. The Kier molecular flexibility index (Phi) is 7.58. The minimum Gasteiger partial charge on any atom is -0.383 e. The Bertz CT molecular complexity index is 406. The van der Waals surface area contributed by atoms with Gasteiger partial charge in [0.2, 0.25) is 5.95 Å². The lowest BCUT2D eigenvalue weighted by Crippen LogP contribution is -2.39. The van der Waals surface area contributed by atoms with Gasteiger partial charge in [0.15, 0.2) is 5.82 Å². The number of nitrogens with zero attached hydrogens (tertiary/aromatic N) is 3. The summed E-state index contributed by atoms with van der Waals surface area (Å²) < 4.78 is 10.4. The Hall–Kier alpha value is -1.11. The van der Waals surface area contributed by atoms with Crippen LogP contribution in [0.2, 0.25) is 5.02 Å². The van der Waals surface area contributed by atoms with Gasteiger partial charge in [0.05, 0.1) is 25.5 Å². The van der Waals surface area contributed by atoms with Crippen molar-refractivity contribution in [2.45, 2.75) is 19.9 Å². The molecule has 7 heteroatoms.